The van der Waals surface area contributed by atoms with Crippen LogP contribution in [0.15, 0.2) is 53.3 Å². The number of H-pyrrole nitrogens is 1. The number of benzene rings is 2. The van der Waals surface area contributed by atoms with Gasteiger partial charge in [-0.2, -0.15) is 0 Å². The third-order valence-electron chi connectivity index (χ3n) is 7.45. The molecule has 0 bridgehead atoms. The minimum atomic E-state index is -0.337. The van der Waals surface area contributed by atoms with E-state index in [4.69, 9.17) is 11.6 Å². The van der Waals surface area contributed by atoms with Gasteiger partial charge in [0.05, 0.1) is 12.2 Å². The molecule has 1 aliphatic carbocycles. The molecule has 9 heteroatoms. The van der Waals surface area contributed by atoms with Crippen molar-refractivity contribution in [2.45, 2.75) is 65.3 Å². The normalized spacial score (nSPS) is 14.3. The highest BCUT2D eigenvalue weighted by molar-refractivity contribution is 6.31. The molecule has 8 nitrogen and oxygen atoms in total. The zero-order valence-electron chi connectivity index (χ0n) is 21.9. The smallest absolute Gasteiger partial charge is 0.290 e. The third kappa shape index (κ3) is 5.36. The van der Waals surface area contributed by atoms with E-state index in [1.54, 1.807) is 4.57 Å². The Morgan fingerprint density at radius 1 is 1.05 bits per heavy atom. The van der Waals surface area contributed by atoms with Crippen molar-refractivity contribution in [3.63, 3.8) is 0 Å². The molecular weight excluding hydrogens is 500 g/mol. The van der Waals surface area contributed by atoms with Crippen LogP contribution in [-0.2, 0) is 13.0 Å². The first-order chi connectivity index (χ1) is 18.4. The molecule has 0 amide bonds. The maximum absolute atomic E-state index is 13.6. The average molecular weight is 533 g/mol. The Labute approximate surface area is 227 Å². The minimum absolute atomic E-state index is 0.133. The number of carbonyl (C=O) groups is 1. The number of carbonyl (C=O) groups excluding carboxylic acids is 1. The number of aromatic nitrogens is 6. The zero-order chi connectivity index (χ0) is 26.6. The van der Waals surface area contributed by atoms with Gasteiger partial charge in [-0.25, -0.2) is 14.5 Å². The van der Waals surface area contributed by atoms with Crippen molar-refractivity contribution in [2.24, 2.45) is 11.8 Å². The number of halogens is 1. The van der Waals surface area contributed by atoms with Gasteiger partial charge >= 0.3 is 5.69 Å². The van der Waals surface area contributed by atoms with Crippen molar-refractivity contribution in [1.82, 2.24) is 29.8 Å². The number of tetrazole rings is 1. The standard InChI is InChI=1S/C29H33ClN6O2/c1-19(2)12-17-25-26(30)36(28(37)22-8-4-3-5-9-22)29(38)35(25)18-20-13-15-21(16-14-20)23-10-6-7-11-24(23)27-31-33-34-32-27/h6-7,10-11,13-16,19,22H,3-5,8-9,12,17-18H2,1-2H3,(H,31,32,33,34). The van der Waals surface area contributed by atoms with Crippen LogP contribution in [0.5, 0.6) is 0 Å². The number of imidazole rings is 1. The van der Waals surface area contributed by atoms with E-state index in [1.165, 1.54) is 4.57 Å². The van der Waals surface area contributed by atoms with Crippen LogP contribution in [0, 0.1) is 11.8 Å². The molecule has 0 aliphatic heterocycles. The van der Waals surface area contributed by atoms with Gasteiger partial charge in [-0.3, -0.25) is 9.36 Å². The lowest BCUT2D eigenvalue weighted by molar-refractivity contribution is 0.0796. The van der Waals surface area contributed by atoms with E-state index in [-0.39, 0.29) is 22.7 Å². The fraction of sp³-hybridized carbons (Fsp3) is 0.414. The molecule has 1 aliphatic rings. The summed E-state index contributed by atoms with van der Waals surface area (Å²) in [5.41, 5.74) is 4.27. The quantitative estimate of drug-likeness (QED) is 0.300. The molecule has 5 rings (SSSR count). The second-order valence-corrected chi connectivity index (χ2v) is 10.9. The predicted molar refractivity (Wildman–Crippen MR) is 148 cm³/mol. The predicted octanol–water partition coefficient (Wildman–Crippen LogP) is 6.01. The van der Waals surface area contributed by atoms with Crippen LogP contribution in [0.4, 0.5) is 0 Å². The molecule has 1 N–H and O–H groups in total. The molecule has 2 aromatic heterocycles. The van der Waals surface area contributed by atoms with Crippen LogP contribution in [0.1, 0.15) is 68.4 Å². The maximum Gasteiger partial charge on any atom is 0.336 e. The SMILES string of the molecule is CC(C)CCc1c(Cl)n(C(=O)C2CCCCC2)c(=O)n1Cc1ccc(-c2ccccc2-c2nnn[nH]2)cc1. The van der Waals surface area contributed by atoms with Crippen LogP contribution in [-0.4, -0.2) is 35.7 Å². The van der Waals surface area contributed by atoms with Gasteiger partial charge in [0, 0.05) is 11.5 Å². The summed E-state index contributed by atoms with van der Waals surface area (Å²) < 4.78 is 2.93. The Bertz CT molecular complexity index is 1450. The molecule has 0 atom stereocenters. The fourth-order valence-electron chi connectivity index (χ4n) is 5.30. The number of rotatable bonds is 8. The van der Waals surface area contributed by atoms with Gasteiger partial charge < -0.3 is 0 Å². The van der Waals surface area contributed by atoms with E-state index in [9.17, 15) is 9.59 Å². The Balaban J connectivity index is 1.46. The van der Waals surface area contributed by atoms with E-state index >= 15 is 0 Å². The number of nitrogens with one attached hydrogen (secondary N) is 1. The fourth-order valence-corrected chi connectivity index (χ4v) is 5.65. The van der Waals surface area contributed by atoms with Crippen molar-refractivity contribution < 1.29 is 4.79 Å². The molecule has 4 aromatic rings. The zero-order valence-corrected chi connectivity index (χ0v) is 22.6. The van der Waals surface area contributed by atoms with Gasteiger partial charge in [-0.1, -0.05) is 93.2 Å². The van der Waals surface area contributed by atoms with Gasteiger partial charge in [0.1, 0.15) is 5.15 Å². The molecule has 1 fully saturated rings. The van der Waals surface area contributed by atoms with E-state index < -0.39 is 0 Å². The van der Waals surface area contributed by atoms with Gasteiger partial charge in [0.15, 0.2) is 5.82 Å². The van der Waals surface area contributed by atoms with Crippen molar-refractivity contribution >= 4 is 17.5 Å². The Kier molecular flexibility index (Phi) is 7.88. The summed E-state index contributed by atoms with van der Waals surface area (Å²) in [6, 6.07) is 16.0. The lowest BCUT2D eigenvalue weighted by atomic mass is 9.88. The maximum atomic E-state index is 13.6. The summed E-state index contributed by atoms with van der Waals surface area (Å²) in [7, 11) is 0. The summed E-state index contributed by atoms with van der Waals surface area (Å²) in [4.78, 5) is 27.0. The molecule has 2 heterocycles. The first-order valence-corrected chi connectivity index (χ1v) is 13.8. The van der Waals surface area contributed by atoms with E-state index in [1.807, 2.05) is 48.5 Å². The number of aromatic amines is 1. The third-order valence-corrected chi connectivity index (χ3v) is 7.84. The van der Waals surface area contributed by atoms with Crippen LogP contribution in [0.25, 0.3) is 22.5 Å². The Morgan fingerprint density at radius 2 is 1.76 bits per heavy atom. The summed E-state index contributed by atoms with van der Waals surface area (Å²) >= 11 is 6.77. The summed E-state index contributed by atoms with van der Waals surface area (Å²) in [5.74, 6) is 0.764. The molecular formula is C29H33ClN6O2. The number of hydrogen-bond acceptors (Lipinski definition) is 5. The van der Waals surface area contributed by atoms with Crippen molar-refractivity contribution in [3.8, 4) is 22.5 Å². The van der Waals surface area contributed by atoms with Gasteiger partial charge in [0.2, 0.25) is 5.91 Å². The summed E-state index contributed by atoms with van der Waals surface area (Å²) in [5, 5.41) is 14.6. The summed E-state index contributed by atoms with van der Waals surface area (Å²) in [6.45, 7) is 4.64. The lowest BCUT2D eigenvalue weighted by Gasteiger charge is -2.20. The highest BCUT2D eigenvalue weighted by atomic mass is 35.5. The van der Waals surface area contributed by atoms with E-state index in [0.717, 1.165) is 66.5 Å². The van der Waals surface area contributed by atoms with Crippen LogP contribution in [0.2, 0.25) is 5.15 Å². The van der Waals surface area contributed by atoms with Gasteiger partial charge in [0.25, 0.3) is 0 Å². The van der Waals surface area contributed by atoms with Crippen LogP contribution >= 0.6 is 11.6 Å². The van der Waals surface area contributed by atoms with Gasteiger partial charge in [-0.05, 0) is 58.7 Å². The Morgan fingerprint density at radius 3 is 2.42 bits per heavy atom. The molecule has 198 valence electrons. The minimum Gasteiger partial charge on any atom is -0.290 e. The Hall–Kier alpha value is -3.52. The highest BCUT2D eigenvalue weighted by Gasteiger charge is 2.29. The second-order valence-electron chi connectivity index (χ2n) is 10.5. The largest absolute Gasteiger partial charge is 0.336 e. The molecule has 2 aromatic carbocycles. The topological polar surface area (TPSA) is 98.5 Å². The first-order valence-electron chi connectivity index (χ1n) is 13.4. The molecule has 0 unspecified atom stereocenters. The molecule has 1 saturated carbocycles. The highest BCUT2D eigenvalue weighted by Crippen LogP contribution is 2.31. The van der Waals surface area contributed by atoms with Crippen molar-refractivity contribution in [3.05, 3.63) is 75.4 Å². The number of nitrogens with zero attached hydrogens (tertiary/aromatic N) is 5. The van der Waals surface area contributed by atoms with Crippen molar-refractivity contribution in [1.29, 1.82) is 0 Å². The summed E-state index contributed by atoms with van der Waals surface area (Å²) in [6.07, 6.45) is 6.35. The van der Waals surface area contributed by atoms with Crippen molar-refractivity contribution in [2.75, 3.05) is 0 Å². The molecule has 38 heavy (non-hydrogen) atoms. The first kappa shape index (κ1) is 26.1. The van der Waals surface area contributed by atoms with E-state index in [0.29, 0.717) is 24.7 Å². The molecule has 0 radical (unpaired) electrons. The monoisotopic (exact) mass is 532 g/mol. The second kappa shape index (κ2) is 11.5. The van der Waals surface area contributed by atoms with E-state index in [2.05, 4.69) is 34.5 Å². The van der Waals surface area contributed by atoms with Gasteiger partial charge in [-0.15, -0.1) is 5.10 Å². The van der Waals surface area contributed by atoms with Crippen LogP contribution < -0.4 is 5.69 Å². The van der Waals surface area contributed by atoms with Crippen LogP contribution in [0.3, 0.4) is 0 Å². The molecule has 0 saturated heterocycles. The lowest BCUT2D eigenvalue weighted by Crippen LogP contribution is -2.34. The molecule has 0 spiro atoms. The number of hydrogen-bond donors (Lipinski definition) is 1. The average Bonchev–Trinajstić information content (AvgIpc) is 3.55.